The number of furan rings is 1. The number of aliphatic hydroxyl groups is 3. The molecule has 3 heterocycles. The number of aromatic nitrogens is 1. The molecule has 17 atom stereocenters. The molecule has 2 spiro atoms. The molecule has 6 fully saturated rings. The van der Waals surface area contributed by atoms with Gasteiger partial charge < -0.3 is 67.1 Å². The zero-order valence-electron chi connectivity index (χ0n) is 52.2. The number of aryl methyl sites for hydroxylation is 3. The molecular formula is C71H103N7O7S2. The van der Waals surface area contributed by atoms with Crippen LogP contribution < -0.4 is 32.2 Å². The van der Waals surface area contributed by atoms with Gasteiger partial charge in [0, 0.05) is 89.8 Å². The molecule has 9 aliphatic rings. The van der Waals surface area contributed by atoms with Crippen LogP contribution in [0.3, 0.4) is 0 Å². The lowest BCUT2D eigenvalue weighted by molar-refractivity contribution is 0.0354. The van der Waals surface area contributed by atoms with Crippen LogP contribution in [0.4, 0.5) is 0 Å². The maximum Gasteiger partial charge on any atom is 0.189 e. The molecule has 14 nitrogen and oxygen atoms in total. The van der Waals surface area contributed by atoms with Gasteiger partial charge in [0.15, 0.2) is 17.5 Å². The summed E-state index contributed by atoms with van der Waals surface area (Å²) < 4.78 is 12.9. The average molecular weight is 1230 g/mol. The van der Waals surface area contributed by atoms with E-state index in [4.69, 9.17) is 25.6 Å². The van der Waals surface area contributed by atoms with Crippen LogP contribution in [-0.4, -0.2) is 105 Å². The van der Waals surface area contributed by atoms with Crippen molar-refractivity contribution in [3.8, 4) is 17.2 Å². The van der Waals surface area contributed by atoms with E-state index in [-0.39, 0.29) is 65.8 Å². The Hall–Kier alpha value is -4.13. The van der Waals surface area contributed by atoms with E-state index in [0.29, 0.717) is 84.2 Å². The second-order valence-corrected chi connectivity index (χ2v) is 31.2. The first-order valence-electron chi connectivity index (χ1n) is 33.9. The van der Waals surface area contributed by atoms with Crippen molar-refractivity contribution in [1.82, 2.24) is 20.9 Å². The van der Waals surface area contributed by atoms with Crippen molar-refractivity contribution in [3.05, 3.63) is 112 Å². The summed E-state index contributed by atoms with van der Waals surface area (Å²) in [7, 11) is 5.97. The number of allylic oxidation sites excluding steroid dienone is 2. The minimum atomic E-state index is -0.945. The molecule has 13 N–H and O–H groups in total. The highest BCUT2D eigenvalue weighted by atomic mass is 33.1. The number of aromatic amines is 1. The van der Waals surface area contributed by atoms with Crippen LogP contribution in [0.5, 0.6) is 17.2 Å². The lowest BCUT2D eigenvalue weighted by Crippen LogP contribution is -2.52. The number of aliphatic hydroxyl groups excluding tert-OH is 3. The van der Waals surface area contributed by atoms with E-state index in [0.717, 1.165) is 104 Å². The molecule has 6 bridgehead atoms. The van der Waals surface area contributed by atoms with Gasteiger partial charge in [-0.1, -0.05) is 91.0 Å². The molecule has 0 amide bonds. The van der Waals surface area contributed by atoms with Crippen molar-refractivity contribution in [2.75, 3.05) is 38.2 Å². The van der Waals surface area contributed by atoms with Gasteiger partial charge in [0.05, 0.1) is 18.8 Å². The zero-order chi connectivity index (χ0) is 60.4. The number of phenolic OH excluding ortho intramolecular Hbond substituents is 2. The van der Waals surface area contributed by atoms with Crippen LogP contribution >= 0.6 is 21.6 Å². The van der Waals surface area contributed by atoms with E-state index in [2.05, 4.69) is 52.1 Å². The van der Waals surface area contributed by atoms with Crippen molar-refractivity contribution in [2.45, 2.75) is 209 Å². The largest absolute Gasteiger partial charge is 0.508 e. The number of aliphatic imine (C=N–C) groups is 1. The van der Waals surface area contributed by atoms with Crippen LogP contribution in [0.15, 0.2) is 76.2 Å². The smallest absolute Gasteiger partial charge is 0.189 e. The van der Waals surface area contributed by atoms with Crippen LogP contribution in [-0.2, 0) is 25.9 Å². The quantitative estimate of drug-likeness (QED) is 0.0171. The lowest BCUT2D eigenvalue weighted by Gasteiger charge is -2.53. The topological polar surface area (TPSA) is 240 Å². The van der Waals surface area contributed by atoms with Gasteiger partial charge in [-0.05, 0) is 210 Å². The Kier molecular flexibility index (Phi) is 20.1. The number of nitrogens with zero attached hydrogens (tertiary/aromatic N) is 1. The molecular weight excluding hydrogens is 1130 g/mol. The van der Waals surface area contributed by atoms with Crippen molar-refractivity contribution < 1.29 is 34.7 Å². The number of guanidine groups is 1. The Morgan fingerprint density at radius 3 is 2.53 bits per heavy atom. The number of hydrogen-bond acceptors (Lipinski definition) is 13. The van der Waals surface area contributed by atoms with Crippen molar-refractivity contribution in [1.29, 1.82) is 0 Å². The number of rotatable bonds is 20. The summed E-state index contributed by atoms with van der Waals surface area (Å²) in [5.41, 5.74) is 20.5. The number of phenols is 2. The van der Waals surface area contributed by atoms with Crippen molar-refractivity contribution >= 4 is 27.5 Å². The summed E-state index contributed by atoms with van der Waals surface area (Å²) in [6.07, 6.45) is 26.8. The Morgan fingerprint density at radius 1 is 0.874 bits per heavy atom. The summed E-state index contributed by atoms with van der Waals surface area (Å²) in [5.74, 6) is 9.86. The van der Waals surface area contributed by atoms with Crippen molar-refractivity contribution in [3.63, 3.8) is 0 Å². The second kappa shape index (κ2) is 27.8. The number of benzene rings is 2. The minimum Gasteiger partial charge on any atom is -0.508 e. The van der Waals surface area contributed by atoms with Crippen LogP contribution in [0.2, 0.25) is 0 Å². The number of nitrogens with two attached hydrogens (primary N) is 2. The van der Waals surface area contributed by atoms with Gasteiger partial charge in [0.25, 0.3) is 0 Å². The maximum absolute atomic E-state index is 12.0. The van der Waals surface area contributed by atoms with E-state index in [1.54, 1.807) is 12.1 Å². The molecule has 17 unspecified atom stereocenters. The molecule has 16 heteroatoms. The van der Waals surface area contributed by atoms with E-state index >= 15 is 0 Å². The predicted octanol–water partition coefficient (Wildman–Crippen LogP) is 11.8. The third kappa shape index (κ3) is 13.5. The normalized spacial score (nSPS) is 33.2. The van der Waals surface area contributed by atoms with Crippen LogP contribution in [0, 0.1) is 52.3 Å². The van der Waals surface area contributed by atoms with Crippen LogP contribution in [0.1, 0.15) is 198 Å². The molecule has 1 saturated heterocycles. The summed E-state index contributed by atoms with van der Waals surface area (Å²) in [6.45, 7) is 5.44. The first-order chi connectivity index (χ1) is 42.2. The van der Waals surface area contributed by atoms with Gasteiger partial charge in [-0.3, -0.25) is 0 Å². The van der Waals surface area contributed by atoms with Gasteiger partial charge in [-0.2, -0.15) is 0 Å². The number of H-pyrrole nitrogens is 1. The molecule has 4 aromatic rings. The number of nitrogens with one attached hydrogen (secondary N) is 4. The van der Waals surface area contributed by atoms with E-state index < -0.39 is 12.2 Å². The summed E-state index contributed by atoms with van der Waals surface area (Å²) in [5, 5.41) is 65.3. The predicted molar refractivity (Wildman–Crippen MR) is 351 cm³/mol. The molecule has 5 saturated carbocycles. The van der Waals surface area contributed by atoms with Gasteiger partial charge >= 0.3 is 0 Å². The standard InChI is InChI=1S/C71H103N7O7S2/c1-42-14-20-53-48-29-44(16-21-54(53)56(58(72)34-48)40-86-87-41-61(42)78-69(73)76-50-11-6-9-46(31-50)47-10-7-12-51(81)32-47)18-23-64-49(38-79)33-52(85-64)19-15-45-17-22-62(82)65(30-45)84-39-63(83)59-35-55-67(60(37-74-3)75-36-43(2)80)71-27-8-13-66(71)70(25-4-5-26-70)57(24-28-71)68(55)77-59/h7,10,12,17,22,24,28,30,32-33,35,42-44,46,48,50,53-54,56-58,60-61,63,66-67,74-75,77,79-83H,4-6,8-9,11,13-16,18-21,23,25-27,29,31,34,36-41,72H2,1-3H3,(H3,73,76,78). The van der Waals surface area contributed by atoms with Gasteiger partial charge in [-0.25, -0.2) is 4.99 Å². The molecule has 13 rings (SSSR count). The molecule has 476 valence electrons. The summed E-state index contributed by atoms with van der Waals surface area (Å²) in [6, 6.07) is 18.2. The zero-order valence-corrected chi connectivity index (χ0v) is 53.8. The molecule has 8 aliphatic carbocycles. The Morgan fingerprint density at radius 2 is 1.71 bits per heavy atom. The fourth-order valence-electron chi connectivity index (χ4n) is 19.3. The number of hydrogen-bond donors (Lipinski definition) is 11. The molecule has 0 radical (unpaired) electrons. The SMILES string of the molecule is CNCC(NCC(C)O)C1c2cc(C(O)COc3cc(CCc4cc(CO)c(CCC5CCC6C7CSSCC(N=C(N)NC8CCCC(c9cccc(O)c9)C8)C(C)CCC6C(C5)CC7N)o4)ccc3O)[nH]c2C2C=CC13CCCC3C21CCCC1. The van der Waals surface area contributed by atoms with Crippen LogP contribution in [0.25, 0.3) is 0 Å². The molecule has 2 aromatic heterocycles. The second-order valence-electron chi connectivity index (χ2n) is 28.6. The summed E-state index contributed by atoms with van der Waals surface area (Å²) >= 11 is 0. The van der Waals surface area contributed by atoms with Gasteiger partial charge in [-0.15, -0.1) is 0 Å². The fourth-order valence-corrected chi connectivity index (χ4v) is 22.2. The van der Waals surface area contributed by atoms with E-state index in [1.165, 1.54) is 81.0 Å². The molecule has 87 heavy (non-hydrogen) atoms. The highest BCUT2D eigenvalue weighted by Gasteiger charge is 2.65. The Labute approximate surface area is 525 Å². The summed E-state index contributed by atoms with van der Waals surface area (Å²) in [4.78, 5) is 9.06. The third-order valence-corrected chi connectivity index (χ3v) is 25.9. The van der Waals surface area contributed by atoms with Crippen molar-refractivity contribution in [2.24, 2.45) is 68.7 Å². The highest BCUT2D eigenvalue weighted by molar-refractivity contribution is 8.76. The average Bonchev–Trinajstić information content (AvgIpc) is 1.55. The van der Waals surface area contributed by atoms with Gasteiger partial charge in [0.1, 0.15) is 30.0 Å². The molecule has 1 aliphatic heterocycles. The molecule has 2 aromatic carbocycles. The monoisotopic (exact) mass is 1230 g/mol. The van der Waals surface area contributed by atoms with Gasteiger partial charge in [0.2, 0.25) is 0 Å². The Balaban J connectivity index is 0.660. The number of aromatic hydroxyl groups is 2. The first kappa shape index (κ1) is 63.0. The highest BCUT2D eigenvalue weighted by Crippen LogP contribution is 2.73. The Bertz CT molecular complexity index is 3000. The third-order valence-electron chi connectivity index (χ3n) is 23.4. The lowest BCUT2D eigenvalue weighted by atomic mass is 9.52. The number of likely N-dealkylation sites (N-methyl/N-ethyl adjacent to an activating group) is 1. The first-order valence-corrected chi connectivity index (χ1v) is 36.4. The van der Waals surface area contributed by atoms with E-state index in [9.17, 15) is 25.5 Å². The number of ether oxygens (including phenoxy) is 1. The maximum atomic E-state index is 12.0. The van der Waals surface area contributed by atoms with E-state index in [1.807, 2.05) is 65.9 Å². The minimum absolute atomic E-state index is 0.000418. The fraction of sp³-hybridized carbons (Fsp3) is 0.676.